The van der Waals surface area contributed by atoms with E-state index in [1.54, 1.807) is 7.11 Å². The maximum absolute atomic E-state index is 12.1. The first-order valence-electron chi connectivity index (χ1n) is 7.22. The van der Waals surface area contributed by atoms with Crippen molar-refractivity contribution >= 4 is 5.91 Å². The highest BCUT2D eigenvalue weighted by Crippen LogP contribution is 2.26. The number of methoxy groups -OCH3 is 1. The van der Waals surface area contributed by atoms with Crippen molar-refractivity contribution < 1.29 is 14.6 Å². The quantitative estimate of drug-likeness (QED) is 0.683. The third-order valence-corrected chi connectivity index (χ3v) is 3.38. The zero-order valence-corrected chi connectivity index (χ0v) is 12.4. The molecule has 1 aromatic carbocycles. The molecule has 0 bridgehead atoms. The molecule has 1 aromatic rings. The number of carbonyl (C=O) groups is 1. The molecule has 4 heteroatoms. The number of hydrogen-bond donors (Lipinski definition) is 2. The number of carbonyl (C=O) groups excluding carboxylic acids is 1. The second-order valence-electron chi connectivity index (χ2n) is 4.89. The first kappa shape index (κ1) is 16.5. The fourth-order valence-corrected chi connectivity index (χ4v) is 2.12. The number of aliphatic hydroxyl groups excluding tert-OH is 1. The molecule has 0 aromatic heterocycles. The lowest BCUT2D eigenvalue weighted by Gasteiger charge is -2.15. The second kappa shape index (κ2) is 9.37. The largest absolute Gasteiger partial charge is 0.496 e. The van der Waals surface area contributed by atoms with Crippen LogP contribution < -0.4 is 10.1 Å². The van der Waals surface area contributed by atoms with Crippen LogP contribution in [0.15, 0.2) is 24.3 Å². The van der Waals surface area contributed by atoms with Gasteiger partial charge in [0.05, 0.1) is 13.0 Å². The molecule has 112 valence electrons. The third kappa shape index (κ3) is 5.21. The maximum Gasteiger partial charge on any atom is 0.227 e. The molecule has 0 aliphatic rings. The Balaban J connectivity index is 2.39. The van der Waals surface area contributed by atoms with Crippen molar-refractivity contribution in [3.63, 3.8) is 0 Å². The van der Waals surface area contributed by atoms with Crippen molar-refractivity contribution in [2.45, 2.75) is 38.5 Å². The van der Waals surface area contributed by atoms with Crippen LogP contribution in [0.3, 0.4) is 0 Å². The zero-order chi connectivity index (χ0) is 14.8. The summed E-state index contributed by atoms with van der Waals surface area (Å²) in [6.07, 6.45) is 3.83. The number of ether oxygens (including phenoxy) is 1. The molecule has 0 aliphatic heterocycles. The summed E-state index contributed by atoms with van der Waals surface area (Å²) in [5.41, 5.74) is 0.910. The molecule has 1 amide bonds. The fourth-order valence-electron chi connectivity index (χ4n) is 2.12. The molecule has 4 nitrogen and oxygen atoms in total. The molecule has 0 aliphatic carbocycles. The van der Waals surface area contributed by atoms with Crippen molar-refractivity contribution in [3.8, 4) is 5.75 Å². The number of unbranched alkanes of at least 4 members (excludes halogenated alkanes) is 3. The SMILES string of the molecule is COc1ccccc1C(C)C(=O)NCCCCCCO. The van der Waals surface area contributed by atoms with Crippen LogP contribution >= 0.6 is 0 Å². The lowest BCUT2D eigenvalue weighted by Crippen LogP contribution is -2.29. The predicted octanol–water partition coefficient (Wildman–Crippen LogP) is 2.47. The van der Waals surface area contributed by atoms with Gasteiger partial charge in [-0.2, -0.15) is 0 Å². The van der Waals surface area contributed by atoms with Gasteiger partial charge < -0.3 is 15.2 Å². The summed E-state index contributed by atoms with van der Waals surface area (Å²) in [5.74, 6) is 0.554. The van der Waals surface area contributed by atoms with Gasteiger partial charge in [-0.3, -0.25) is 4.79 Å². The van der Waals surface area contributed by atoms with E-state index in [2.05, 4.69) is 5.32 Å². The average molecular weight is 279 g/mol. The minimum absolute atomic E-state index is 0.0247. The lowest BCUT2D eigenvalue weighted by atomic mass is 9.99. The van der Waals surface area contributed by atoms with Crippen LogP contribution in [0.5, 0.6) is 5.75 Å². The van der Waals surface area contributed by atoms with E-state index in [0.717, 1.165) is 37.0 Å². The van der Waals surface area contributed by atoms with Crippen LogP contribution in [0.25, 0.3) is 0 Å². The van der Waals surface area contributed by atoms with Crippen LogP contribution in [0.2, 0.25) is 0 Å². The molecule has 0 radical (unpaired) electrons. The highest BCUT2D eigenvalue weighted by molar-refractivity contribution is 5.83. The fraction of sp³-hybridized carbons (Fsp3) is 0.562. The van der Waals surface area contributed by atoms with Gasteiger partial charge in [-0.15, -0.1) is 0 Å². The molecule has 1 unspecified atom stereocenters. The van der Waals surface area contributed by atoms with Crippen molar-refractivity contribution in [2.24, 2.45) is 0 Å². The summed E-state index contributed by atoms with van der Waals surface area (Å²) < 4.78 is 5.28. The maximum atomic E-state index is 12.1. The highest BCUT2D eigenvalue weighted by Gasteiger charge is 2.18. The molecule has 2 N–H and O–H groups in total. The Morgan fingerprint density at radius 3 is 2.65 bits per heavy atom. The summed E-state index contributed by atoms with van der Waals surface area (Å²) in [5, 5.41) is 11.6. The molecule has 0 fully saturated rings. The molecular formula is C16H25NO3. The van der Waals surface area contributed by atoms with Crippen LogP contribution in [0.4, 0.5) is 0 Å². The average Bonchev–Trinajstić information content (AvgIpc) is 2.49. The Hall–Kier alpha value is -1.55. The van der Waals surface area contributed by atoms with E-state index in [9.17, 15) is 4.79 Å². The summed E-state index contributed by atoms with van der Waals surface area (Å²) in [6, 6.07) is 7.60. The normalized spacial score (nSPS) is 11.9. The molecule has 1 atom stereocenters. The van der Waals surface area contributed by atoms with E-state index < -0.39 is 0 Å². The van der Waals surface area contributed by atoms with Gasteiger partial charge in [0.1, 0.15) is 5.75 Å². The number of benzene rings is 1. The van der Waals surface area contributed by atoms with Crippen molar-refractivity contribution in [2.75, 3.05) is 20.3 Å². The van der Waals surface area contributed by atoms with Gasteiger partial charge in [-0.05, 0) is 25.8 Å². The Kier molecular flexibility index (Phi) is 7.73. The Labute approximate surface area is 121 Å². The van der Waals surface area contributed by atoms with Crippen molar-refractivity contribution in [1.82, 2.24) is 5.32 Å². The first-order valence-corrected chi connectivity index (χ1v) is 7.22. The molecule has 0 spiro atoms. The zero-order valence-electron chi connectivity index (χ0n) is 12.4. The van der Waals surface area contributed by atoms with Crippen LogP contribution in [-0.2, 0) is 4.79 Å². The number of para-hydroxylation sites is 1. The molecule has 0 heterocycles. The highest BCUT2D eigenvalue weighted by atomic mass is 16.5. The minimum Gasteiger partial charge on any atom is -0.496 e. The summed E-state index contributed by atoms with van der Waals surface area (Å²) in [4.78, 5) is 12.1. The van der Waals surface area contributed by atoms with Crippen LogP contribution in [0.1, 0.15) is 44.1 Å². The molecule has 0 saturated carbocycles. The number of hydrogen-bond acceptors (Lipinski definition) is 3. The Bertz CT molecular complexity index is 406. The Morgan fingerprint density at radius 2 is 1.95 bits per heavy atom. The number of nitrogens with one attached hydrogen (secondary N) is 1. The molecular weight excluding hydrogens is 254 g/mol. The van der Waals surface area contributed by atoms with E-state index >= 15 is 0 Å². The number of amides is 1. The lowest BCUT2D eigenvalue weighted by molar-refractivity contribution is -0.122. The van der Waals surface area contributed by atoms with Gasteiger partial charge in [0.15, 0.2) is 0 Å². The standard InChI is InChI=1S/C16H25NO3/c1-13(14-9-5-6-10-15(14)20-2)16(19)17-11-7-3-4-8-12-18/h5-6,9-10,13,18H,3-4,7-8,11-12H2,1-2H3,(H,17,19). The summed E-state index contributed by atoms with van der Waals surface area (Å²) in [6.45, 7) is 2.82. The van der Waals surface area contributed by atoms with Gasteiger partial charge in [0, 0.05) is 18.7 Å². The molecule has 20 heavy (non-hydrogen) atoms. The van der Waals surface area contributed by atoms with Gasteiger partial charge in [-0.25, -0.2) is 0 Å². The monoisotopic (exact) mass is 279 g/mol. The Morgan fingerprint density at radius 1 is 1.25 bits per heavy atom. The smallest absolute Gasteiger partial charge is 0.227 e. The van der Waals surface area contributed by atoms with Crippen LogP contribution in [0, 0.1) is 0 Å². The second-order valence-corrected chi connectivity index (χ2v) is 4.89. The van der Waals surface area contributed by atoms with E-state index in [-0.39, 0.29) is 18.4 Å². The van der Waals surface area contributed by atoms with Gasteiger partial charge in [0.2, 0.25) is 5.91 Å². The number of rotatable bonds is 9. The van der Waals surface area contributed by atoms with E-state index in [4.69, 9.17) is 9.84 Å². The predicted molar refractivity (Wildman–Crippen MR) is 80.0 cm³/mol. The van der Waals surface area contributed by atoms with Crippen LogP contribution in [-0.4, -0.2) is 31.3 Å². The first-order chi connectivity index (χ1) is 9.70. The van der Waals surface area contributed by atoms with Crippen molar-refractivity contribution in [1.29, 1.82) is 0 Å². The molecule has 1 rings (SSSR count). The van der Waals surface area contributed by atoms with Gasteiger partial charge >= 0.3 is 0 Å². The number of aliphatic hydroxyl groups is 1. The van der Waals surface area contributed by atoms with Crippen molar-refractivity contribution in [3.05, 3.63) is 29.8 Å². The minimum atomic E-state index is -0.219. The molecule has 0 saturated heterocycles. The van der Waals surface area contributed by atoms with Gasteiger partial charge in [-0.1, -0.05) is 31.0 Å². The van der Waals surface area contributed by atoms with E-state index in [1.807, 2.05) is 31.2 Å². The summed E-state index contributed by atoms with van der Waals surface area (Å²) >= 11 is 0. The van der Waals surface area contributed by atoms with E-state index in [0.29, 0.717) is 6.54 Å². The third-order valence-electron chi connectivity index (χ3n) is 3.38. The summed E-state index contributed by atoms with van der Waals surface area (Å²) in [7, 11) is 1.62. The van der Waals surface area contributed by atoms with E-state index in [1.165, 1.54) is 0 Å². The van der Waals surface area contributed by atoms with Gasteiger partial charge in [0.25, 0.3) is 0 Å². The topological polar surface area (TPSA) is 58.6 Å².